The molecule has 0 amide bonds. The molecule has 0 radical (unpaired) electrons. The number of aromatic nitrogens is 2. The van der Waals surface area contributed by atoms with Gasteiger partial charge in [-0.25, -0.2) is 13.1 Å². The van der Waals surface area contributed by atoms with Crippen molar-refractivity contribution in [1.82, 2.24) is 14.9 Å². The zero-order chi connectivity index (χ0) is 19.0. The minimum absolute atomic E-state index is 0.227. The molecular weight excluding hydrogens is 362 g/mol. The van der Waals surface area contributed by atoms with Crippen LogP contribution in [-0.2, 0) is 16.6 Å². The minimum Gasteiger partial charge on any atom is -0.339 e. The first kappa shape index (κ1) is 17.9. The van der Waals surface area contributed by atoms with Gasteiger partial charge in [0.15, 0.2) is 0 Å². The summed E-state index contributed by atoms with van der Waals surface area (Å²) in [5.74, 6) is 1.41. The quantitative estimate of drug-likeness (QED) is 0.701. The van der Waals surface area contributed by atoms with E-state index in [9.17, 15) is 8.42 Å². The van der Waals surface area contributed by atoms with E-state index in [0.29, 0.717) is 28.8 Å². The molecule has 7 heteroatoms. The predicted molar refractivity (Wildman–Crippen MR) is 102 cm³/mol. The summed E-state index contributed by atoms with van der Waals surface area (Å²) in [6.45, 7) is 4.01. The molecule has 27 heavy (non-hydrogen) atoms. The highest BCUT2D eigenvalue weighted by Crippen LogP contribution is 2.39. The zero-order valence-corrected chi connectivity index (χ0v) is 16.1. The van der Waals surface area contributed by atoms with Crippen LogP contribution >= 0.6 is 0 Å². The standard InChI is InChI=1S/C20H21N3O3S/c1-13-3-6-15(7-4-13)12-21-27(24,25)18-11-17(8-5-14(18)2)19-22-20(26-23-19)16-9-10-16/h3-8,11,16,21H,9-10,12H2,1-2H3. The SMILES string of the molecule is Cc1ccc(CNS(=O)(=O)c2cc(-c3noc(C4CC4)n3)ccc2C)cc1. The molecule has 1 saturated carbocycles. The third-order valence-electron chi connectivity index (χ3n) is 4.69. The van der Waals surface area contributed by atoms with Crippen molar-refractivity contribution in [3.8, 4) is 11.4 Å². The van der Waals surface area contributed by atoms with Crippen LogP contribution in [0.3, 0.4) is 0 Å². The Hall–Kier alpha value is -2.51. The summed E-state index contributed by atoms with van der Waals surface area (Å²) in [6.07, 6.45) is 2.14. The molecule has 3 aromatic rings. The summed E-state index contributed by atoms with van der Waals surface area (Å²) in [5.41, 5.74) is 3.34. The summed E-state index contributed by atoms with van der Waals surface area (Å²) < 4.78 is 33.6. The molecule has 0 unspecified atom stereocenters. The van der Waals surface area contributed by atoms with Crippen molar-refractivity contribution in [2.75, 3.05) is 0 Å². The molecule has 1 aliphatic rings. The number of nitrogens with one attached hydrogen (secondary N) is 1. The van der Waals surface area contributed by atoms with Crippen molar-refractivity contribution in [3.63, 3.8) is 0 Å². The monoisotopic (exact) mass is 383 g/mol. The Morgan fingerprint density at radius 1 is 1.11 bits per heavy atom. The van der Waals surface area contributed by atoms with Crippen molar-refractivity contribution in [2.24, 2.45) is 0 Å². The molecule has 1 aliphatic carbocycles. The maximum atomic E-state index is 12.8. The highest BCUT2D eigenvalue weighted by Gasteiger charge is 2.30. The fourth-order valence-electron chi connectivity index (χ4n) is 2.84. The van der Waals surface area contributed by atoms with Gasteiger partial charge in [-0.3, -0.25) is 0 Å². The van der Waals surface area contributed by atoms with E-state index in [4.69, 9.17) is 4.52 Å². The van der Waals surface area contributed by atoms with Crippen LogP contribution in [0.5, 0.6) is 0 Å². The van der Waals surface area contributed by atoms with E-state index in [1.54, 1.807) is 19.1 Å². The third-order valence-corrected chi connectivity index (χ3v) is 6.23. The molecular formula is C20H21N3O3S. The second-order valence-corrected chi connectivity index (χ2v) is 8.76. The summed E-state index contributed by atoms with van der Waals surface area (Å²) in [6, 6.07) is 12.9. The number of hydrogen-bond acceptors (Lipinski definition) is 5. The Kier molecular flexibility index (Phi) is 4.57. The van der Waals surface area contributed by atoms with Crippen molar-refractivity contribution >= 4 is 10.0 Å². The largest absolute Gasteiger partial charge is 0.339 e. The summed E-state index contributed by atoms with van der Waals surface area (Å²) in [4.78, 5) is 4.63. The average molecular weight is 383 g/mol. The molecule has 1 heterocycles. The summed E-state index contributed by atoms with van der Waals surface area (Å²) >= 11 is 0. The fraction of sp³-hybridized carbons (Fsp3) is 0.300. The Labute approximate surface area is 158 Å². The number of sulfonamides is 1. The lowest BCUT2D eigenvalue weighted by Gasteiger charge is -2.10. The fourth-order valence-corrected chi connectivity index (χ4v) is 4.13. The third kappa shape index (κ3) is 3.94. The lowest BCUT2D eigenvalue weighted by molar-refractivity contribution is 0.380. The Morgan fingerprint density at radius 3 is 2.56 bits per heavy atom. The lowest BCUT2D eigenvalue weighted by Crippen LogP contribution is -2.24. The first-order valence-corrected chi connectivity index (χ1v) is 10.4. The first-order chi connectivity index (χ1) is 12.9. The van der Waals surface area contributed by atoms with E-state index in [-0.39, 0.29) is 11.4 Å². The first-order valence-electron chi connectivity index (χ1n) is 8.92. The van der Waals surface area contributed by atoms with Crippen LogP contribution in [0, 0.1) is 13.8 Å². The van der Waals surface area contributed by atoms with Crippen LogP contribution in [0.15, 0.2) is 51.9 Å². The normalized spacial score (nSPS) is 14.4. The second kappa shape index (κ2) is 6.90. The van der Waals surface area contributed by atoms with Gasteiger partial charge >= 0.3 is 0 Å². The summed E-state index contributed by atoms with van der Waals surface area (Å²) in [5, 5.41) is 4.00. The van der Waals surface area contributed by atoms with E-state index in [1.807, 2.05) is 37.3 Å². The van der Waals surface area contributed by atoms with Gasteiger partial charge in [0.05, 0.1) is 4.90 Å². The van der Waals surface area contributed by atoms with Gasteiger partial charge in [-0.05, 0) is 43.9 Å². The number of nitrogens with zero attached hydrogens (tertiary/aromatic N) is 2. The highest BCUT2D eigenvalue weighted by atomic mass is 32.2. The van der Waals surface area contributed by atoms with Gasteiger partial charge in [0, 0.05) is 18.0 Å². The van der Waals surface area contributed by atoms with Gasteiger partial charge in [0.1, 0.15) is 0 Å². The van der Waals surface area contributed by atoms with Crippen LogP contribution in [0.2, 0.25) is 0 Å². The molecule has 0 atom stereocenters. The van der Waals surface area contributed by atoms with E-state index in [1.165, 1.54) is 0 Å². The maximum Gasteiger partial charge on any atom is 0.241 e. The van der Waals surface area contributed by atoms with Crippen molar-refractivity contribution < 1.29 is 12.9 Å². The van der Waals surface area contributed by atoms with E-state index in [2.05, 4.69) is 14.9 Å². The molecule has 0 spiro atoms. The molecule has 140 valence electrons. The predicted octanol–water partition coefficient (Wildman–Crippen LogP) is 3.71. The van der Waals surface area contributed by atoms with Crippen molar-refractivity contribution in [1.29, 1.82) is 0 Å². The number of benzene rings is 2. The number of rotatable bonds is 6. The van der Waals surface area contributed by atoms with Crippen LogP contribution in [0.1, 0.15) is 41.3 Å². The molecule has 6 nitrogen and oxygen atoms in total. The molecule has 0 bridgehead atoms. The number of hydrogen-bond donors (Lipinski definition) is 1. The molecule has 1 fully saturated rings. The van der Waals surface area contributed by atoms with E-state index < -0.39 is 10.0 Å². The van der Waals surface area contributed by atoms with Crippen LogP contribution < -0.4 is 4.72 Å². The van der Waals surface area contributed by atoms with Gasteiger partial charge in [0.2, 0.25) is 21.7 Å². The van der Waals surface area contributed by atoms with Crippen LogP contribution in [0.25, 0.3) is 11.4 Å². The smallest absolute Gasteiger partial charge is 0.241 e. The van der Waals surface area contributed by atoms with Crippen LogP contribution in [0.4, 0.5) is 0 Å². The highest BCUT2D eigenvalue weighted by molar-refractivity contribution is 7.89. The molecule has 4 rings (SSSR count). The van der Waals surface area contributed by atoms with Crippen molar-refractivity contribution in [2.45, 2.75) is 44.0 Å². The summed E-state index contributed by atoms with van der Waals surface area (Å²) in [7, 11) is -3.66. The second-order valence-electron chi connectivity index (χ2n) is 7.02. The lowest BCUT2D eigenvalue weighted by atomic mass is 10.1. The Morgan fingerprint density at radius 2 is 1.85 bits per heavy atom. The molecule has 2 aromatic carbocycles. The molecule has 0 saturated heterocycles. The van der Waals surface area contributed by atoms with Gasteiger partial charge < -0.3 is 4.52 Å². The maximum absolute atomic E-state index is 12.8. The van der Waals surface area contributed by atoms with Gasteiger partial charge in [-0.2, -0.15) is 4.98 Å². The van der Waals surface area contributed by atoms with Gasteiger partial charge in [-0.15, -0.1) is 0 Å². The van der Waals surface area contributed by atoms with Crippen molar-refractivity contribution in [3.05, 3.63) is 65.0 Å². The minimum atomic E-state index is -3.66. The zero-order valence-electron chi connectivity index (χ0n) is 15.3. The molecule has 1 aromatic heterocycles. The van der Waals surface area contributed by atoms with Gasteiger partial charge in [0.25, 0.3) is 0 Å². The Balaban J connectivity index is 1.58. The van der Waals surface area contributed by atoms with Crippen LogP contribution in [-0.4, -0.2) is 18.6 Å². The van der Waals surface area contributed by atoms with Gasteiger partial charge in [-0.1, -0.05) is 47.1 Å². The average Bonchev–Trinajstić information content (AvgIpc) is 3.39. The molecule has 0 aliphatic heterocycles. The van der Waals surface area contributed by atoms with E-state index >= 15 is 0 Å². The topological polar surface area (TPSA) is 85.1 Å². The van der Waals surface area contributed by atoms with E-state index in [0.717, 1.165) is 24.0 Å². The molecule has 1 N–H and O–H groups in total. The number of aryl methyl sites for hydroxylation is 2. The Bertz CT molecular complexity index is 1070.